The third kappa shape index (κ3) is 3.20. The van der Waals surface area contributed by atoms with Gasteiger partial charge in [0.05, 0.1) is 12.1 Å². The van der Waals surface area contributed by atoms with E-state index in [1.54, 1.807) is 0 Å². The van der Waals surface area contributed by atoms with E-state index in [1.807, 2.05) is 0 Å². The van der Waals surface area contributed by atoms with Gasteiger partial charge in [-0.1, -0.05) is 39.8 Å². The largest absolute Gasteiger partial charge is 0.475 e. The van der Waals surface area contributed by atoms with Crippen LogP contribution >= 0.6 is 0 Å². The number of hydrogen-bond donors (Lipinski definition) is 0. The van der Waals surface area contributed by atoms with Crippen molar-refractivity contribution in [3.05, 3.63) is 47.5 Å². The van der Waals surface area contributed by atoms with Crippen molar-refractivity contribution in [1.29, 1.82) is 0 Å². The summed E-state index contributed by atoms with van der Waals surface area (Å²) < 4.78 is 11.6. The Labute approximate surface area is 154 Å². The summed E-state index contributed by atoms with van der Waals surface area (Å²) in [6.45, 7) is 10.1. The molecule has 0 amide bonds. The lowest BCUT2D eigenvalue weighted by atomic mass is 10.0. The molecule has 0 N–H and O–H groups in total. The Morgan fingerprint density at radius 2 is 1.15 bits per heavy atom. The molecule has 2 aliphatic rings. The number of fused-ring (bicyclic) bond motifs is 1. The van der Waals surface area contributed by atoms with Gasteiger partial charge in [-0.2, -0.15) is 0 Å². The standard InChI is InChI=1S/C22H26N2O2/c1-13(2)19-11-25-21(23-19)17-7-5-16-10-18(8-6-15(16)9-17)22-24-20(12-26-22)14(3)4/h5-10,13-14,19-20H,11-12H2,1-4H3/t19-,20-/m1/s1. The van der Waals surface area contributed by atoms with Crippen LogP contribution in [0.1, 0.15) is 38.8 Å². The minimum Gasteiger partial charge on any atom is -0.475 e. The molecule has 2 aliphatic heterocycles. The third-order valence-corrected chi connectivity index (χ3v) is 5.22. The number of hydrogen-bond acceptors (Lipinski definition) is 4. The number of rotatable bonds is 4. The second kappa shape index (κ2) is 6.75. The zero-order chi connectivity index (χ0) is 18.3. The first-order valence-corrected chi connectivity index (χ1v) is 9.47. The molecule has 0 aromatic heterocycles. The van der Waals surface area contributed by atoms with E-state index in [2.05, 4.69) is 64.1 Å². The van der Waals surface area contributed by atoms with Crippen molar-refractivity contribution in [1.82, 2.24) is 0 Å². The number of ether oxygens (including phenoxy) is 2. The lowest BCUT2D eigenvalue weighted by Crippen LogP contribution is -2.13. The highest BCUT2D eigenvalue weighted by Crippen LogP contribution is 2.24. The van der Waals surface area contributed by atoms with Gasteiger partial charge in [0, 0.05) is 11.1 Å². The molecule has 2 aromatic rings. The minimum atomic E-state index is 0.259. The summed E-state index contributed by atoms with van der Waals surface area (Å²) in [5.41, 5.74) is 2.09. The fraction of sp³-hybridized carbons (Fsp3) is 0.455. The van der Waals surface area contributed by atoms with Crippen LogP contribution in [0.5, 0.6) is 0 Å². The lowest BCUT2D eigenvalue weighted by molar-refractivity contribution is 0.291. The summed E-state index contributed by atoms with van der Waals surface area (Å²) in [6.07, 6.45) is 0. The summed E-state index contributed by atoms with van der Waals surface area (Å²) in [7, 11) is 0. The second-order valence-electron chi connectivity index (χ2n) is 7.89. The van der Waals surface area contributed by atoms with Gasteiger partial charge in [-0.3, -0.25) is 0 Å². The van der Waals surface area contributed by atoms with Crippen LogP contribution in [0.15, 0.2) is 46.4 Å². The van der Waals surface area contributed by atoms with Crippen LogP contribution in [0.2, 0.25) is 0 Å². The van der Waals surface area contributed by atoms with Crippen LogP contribution in [-0.4, -0.2) is 37.1 Å². The van der Waals surface area contributed by atoms with Crippen LogP contribution in [0.3, 0.4) is 0 Å². The van der Waals surface area contributed by atoms with Gasteiger partial charge in [0.25, 0.3) is 0 Å². The number of aliphatic imine (C=N–C) groups is 2. The maximum absolute atomic E-state index is 5.81. The highest BCUT2D eigenvalue weighted by Gasteiger charge is 2.24. The van der Waals surface area contributed by atoms with Crippen molar-refractivity contribution in [2.45, 2.75) is 39.8 Å². The molecule has 136 valence electrons. The molecular formula is C22H26N2O2. The van der Waals surface area contributed by atoms with Crippen molar-refractivity contribution < 1.29 is 9.47 Å². The van der Waals surface area contributed by atoms with Crippen LogP contribution in [-0.2, 0) is 9.47 Å². The van der Waals surface area contributed by atoms with E-state index in [-0.39, 0.29) is 12.1 Å². The Morgan fingerprint density at radius 1 is 0.731 bits per heavy atom. The predicted molar refractivity (Wildman–Crippen MR) is 106 cm³/mol. The van der Waals surface area contributed by atoms with Gasteiger partial charge >= 0.3 is 0 Å². The predicted octanol–water partition coefficient (Wildman–Crippen LogP) is 4.44. The maximum Gasteiger partial charge on any atom is 0.216 e. The summed E-state index contributed by atoms with van der Waals surface area (Å²) in [5, 5.41) is 2.34. The monoisotopic (exact) mass is 350 g/mol. The smallest absolute Gasteiger partial charge is 0.216 e. The summed E-state index contributed by atoms with van der Waals surface area (Å²) >= 11 is 0. The Bertz CT molecular complexity index is 810. The average Bonchev–Trinajstić information content (AvgIpc) is 3.30. The van der Waals surface area contributed by atoms with Gasteiger partial charge in [-0.25, -0.2) is 9.98 Å². The Hall–Kier alpha value is -2.36. The molecule has 2 heterocycles. The van der Waals surface area contributed by atoms with Crippen molar-refractivity contribution in [3.63, 3.8) is 0 Å². The van der Waals surface area contributed by atoms with Gasteiger partial charge in [0.1, 0.15) is 13.2 Å². The van der Waals surface area contributed by atoms with E-state index in [0.717, 1.165) is 22.9 Å². The molecule has 2 aromatic carbocycles. The molecule has 0 fully saturated rings. The second-order valence-corrected chi connectivity index (χ2v) is 7.89. The van der Waals surface area contributed by atoms with Crippen molar-refractivity contribution in [2.24, 2.45) is 21.8 Å². The van der Waals surface area contributed by atoms with Crippen LogP contribution in [0, 0.1) is 11.8 Å². The molecule has 0 spiro atoms. The van der Waals surface area contributed by atoms with E-state index >= 15 is 0 Å². The topological polar surface area (TPSA) is 43.2 Å². The molecule has 4 rings (SSSR count). The first-order chi connectivity index (χ1) is 12.5. The van der Waals surface area contributed by atoms with Crippen molar-refractivity contribution in [3.8, 4) is 0 Å². The van der Waals surface area contributed by atoms with E-state index in [1.165, 1.54) is 10.8 Å². The van der Waals surface area contributed by atoms with Crippen LogP contribution < -0.4 is 0 Å². The van der Waals surface area contributed by atoms with Crippen molar-refractivity contribution >= 4 is 22.6 Å². The Kier molecular flexibility index (Phi) is 4.43. The fourth-order valence-corrected chi connectivity index (χ4v) is 3.29. The number of nitrogens with zero attached hydrogens (tertiary/aromatic N) is 2. The zero-order valence-electron chi connectivity index (χ0n) is 15.9. The Morgan fingerprint density at radius 3 is 1.50 bits per heavy atom. The van der Waals surface area contributed by atoms with E-state index in [4.69, 9.17) is 19.5 Å². The summed E-state index contributed by atoms with van der Waals surface area (Å²) in [4.78, 5) is 9.45. The highest BCUT2D eigenvalue weighted by molar-refractivity contribution is 6.02. The highest BCUT2D eigenvalue weighted by atomic mass is 16.5. The SMILES string of the molecule is CC(C)[C@H]1COC(c2ccc3cc(C4=N[C@@H](C(C)C)CO4)ccc3c2)=N1. The lowest BCUT2D eigenvalue weighted by Gasteiger charge is -2.07. The molecule has 0 aliphatic carbocycles. The van der Waals surface area contributed by atoms with Crippen LogP contribution in [0.25, 0.3) is 10.8 Å². The zero-order valence-corrected chi connectivity index (χ0v) is 15.9. The molecule has 26 heavy (non-hydrogen) atoms. The van der Waals surface area contributed by atoms with E-state index in [9.17, 15) is 0 Å². The van der Waals surface area contributed by atoms with Gasteiger partial charge in [0.2, 0.25) is 11.8 Å². The quantitative estimate of drug-likeness (QED) is 0.818. The average molecular weight is 350 g/mol. The number of benzene rings is 2. The molecule has 0 saturated heterocycles. The molecule has 0 bridgehead atoms. The van der Waals surface area contributed by atoms with E-state index in [0.29, 0.717) is 25.0 Å². The third-order valence-electron chi connectivity index (χ3n) is 5.22. The van der Waals surface area contributed by atoms with Gasteiger partial charge < -0.3 is 9.47 Å². The summed E-state index contributed by atoms with van der Waals surface area (Å²) in [5.74, 6) is 2.52. The molecule has 0 radical (unpaired) electrons. The van der Waals surface area contributed by atoms with Gasteiger partial charge in [0.15, 0.2) is 0 Å². The first kappa shape index (κ1) is 17.1. The van der Waals surface area contributed by atoms with Crippen molar-refractivity contribution in [2.75, 3.05) is 13.2 Å². The molecule has 4 nitrogen and oxygen atoms in total. The fourth-order valence-electron chi connectivity index (χ4n) is 3.29. The summed E-state index contributed by atoms with van der Waals surface area (Å²) in [6, 6.07) is 13.2. The normalized spacial score (nSPS) is 22.5. The maximum atomic E-state index is 5.81. The molecule has 4 heteroatoms. The molecular weight excluding hydrogens is 324 g/mol. The molecule has 0 saturated carbocycles. The first-order valence-electron chi connectivity index (χ1n) is 9.47. The molecule has 0 unspecified atom stereocenters. The molecule has 2 atom stereocenters. The van der Waals surface area contributed by atoms with Crippen LogP contribution in [0.4, 0.5) is 0 Å². The van der Waals surface area contributed by atoms with Gasteiger partial charge in [-0.15, -0.1) is 0 Å². The van der Waals surface area contributed by atoms with E-state index < -0.39 is 0 Å². The Balaban J connectivity index is 1.61. The minimum absolute atomic E-state index is 0.259. The van der Waals surface area contributed by atoms with Gasteiger partial charge in [-0.05, 0) is 46.9 Å².